The molecule has 0 aromatic heterocycles. The second-order valence-corrected chi connectivity index (χ2v) is 2.67. The Balaban J connectivity index is 2.04. The highest BCUT2D eigenvalue weighted by Crippen LogP contribution is 1.97. The zero-order valence-corrected chi connectivity index (χ0v) is 6.77. The van der Waals surface area contributed by atoms with Crippen LogP contribution in [-0.4, -0.2) is 29.4 Å². The Hall–Kier alpha value is -2.10. The normalized spacial score (nSPS) is 32.3. The molecule has 2 aliphatic rings. The summed E-state index contributed by atoms with van der Waals surface area (Å²) in [7, 11) is 0. The van der Waals surface area contributed by atoms with E-state index in [-0.39, 0.29) is 18.2 Å². The van der Waals surface area contributed by atoms with Crippen LogP contribution in [-0.2, 0) is 0 Å². The number of nitrogens with one attached hydrogen (secondary N) is 5. The second-order valence-electron chi connectivity index (χ2n) is 2.67. The molecule has 0 spiro atoms. The topological polar surface area (TPSA) is 133 Å². The lowest BCUT2D eigenvalue weighted by atomic mass is 10.4. The van der Waals surface area contributed by atoms with Crippen LogP contribution in [0.2, 0.25) is 0 Å². The van der Waals surface area contributed by atoms with Gasteiger partial charge in [0.05, 0.1) is 0 Å². The molecule has 76 valence electrons. The van der Waals surface area contributed by atoms with Crippen LogP contribution in [0.1, 0.15) is 0 Å². The van der Waals surface area contributed by atoms with Gasteiger partial charge in [0.25, 0.3) is 5.96 Å². The number of nitro groups is 1. The number of hydrazine groups is 1. The lowest BCUT2D eigenvalue weighted by molar-refractivity contribution is -0.485. The van der Waals surface area contributed by atoms with Crippen molar-refractivity contribution in [3.8, 4) is 0 Å². The van der Waals surface area contributed by atoms with Crippen molar-refractivity contribution in [1.29, 1.82) is 0 Å². The SMILES string of the molecule is O=C1N[C@H]2NN/C(=N\[N+](=O)[O-])N[C@@H]2N1. The summed E-state index contributed by atoms with van der Waals surface area (Å²) >= 11 is 0. The van der Waals surface area contributed by atoms with E-state index in [9.17, 15) is 14.9 Å². The van der Waals surface area contributed by atoms with E-state index in [0.717, 1.165) is 0 Å². The molecule has 0 bridgehead atoms. The third-order valence-electron chi connectivity index (χ3n) is 1.73. The van der Waals surface area contributed by atoms with E-state index in [1.165, 1.54) is 0 Å². The van der Waals surface area contributed by atoms with Gasteiger partial charge in [0, 0.05) is 0 Å². The van der Waals surface area contributed by atoms with Gasteiger partial charge < -0.3 is 16.0 Å². The van der Waals surface area contributed by atoms with Gasteiger partial charge in [0.2, 0.25) is 0 Å². The zero-order valence-electron chi connectivity index (χ0n) is 6.77. The molecule has 2 atom stereocenters. The van der Waals surface area contributed by atoms with E-state index in [1.807, 2.05) is 0 Å². The molecule has 0 unspecified atom stereocenters. The lowest BCUT2D eigenvalue weighted by Gasteiger charge is -2.27. The number of hydrazone groups is 1. The van der Waals surface area contributed by atoms with Crippen molar-refractivity contribution in [3.05, 3.63) is 10.1 Å². The standard InChI is InChI=1S/C4H7N7O3/c12-4-6-1-2(7-4)8-9-3(5-1)10-11(13)14/h1-2,8H,(H2,5,9,10)(H2,6,7,12)/t1-,2+/m1/s1. The van der Waals surface area contributed by atoms with Crippen LogP contribution in [0.5, 0.6) is 0 Å². The summed E-state index contributed by atoms with van der Waals surface area (Å²) in [6, 6.07) is -0.357. The Bertz CT molecular complexity index is 314. The molecular weight excluding hydrogens is 194 g/mol. The lowest BCUT2D eigenvalue weighted by Crippen LogP contribution is -2.68. The molecule has 14 heavy (non-hydrogen) atoms. The smallest absolute Gasteiger partial charge is 0.317 e. The Kier molecular flexibility index (Phi) is 1.81. The molecule has 2 heterocycles. The van der Waals surface area contributed by atoms with Crippen LogP contribution in [0.25, 0.3) is 0 Å². The van der Waals surface area contributed by atoms with Gasteiger partial charge in [-0.2, -0.15) is 0 Å². The highest BCUT2D eigenvalue weighted by Gasteiger charge is 2.36. The third-order valence-corrected chi connectivity index (χ3v) is 1.73. The Morgan fingerprint density at radius 2 is 2.00 bits per heavy atom. The highest BCUT2D eigenvalue weighted by molar-refractivity contribution is 5.83. The first-order chi connectivity index (χ1) is 6.65. The van der Waals surface area contributed by atoms with E-state index >= 15 is 0 Å². The minimum absolute atomic E-state index is 0.0553. The first kappa shape index (κ1) is 8.50. The van der Waals surface area contributed by atoms with Crippen LogP contribution in [0.4, 0.5) is 4.79 Å². The first-order valence-corrected chi connectivity index (χ1v) is 3.73. The summed E-state index contributed by atoms with van der Waals surface area (Å²) in [5, 5.41) is 19.8. The maximum absolute atomic E-state index is 10.8. The van der Waals surface area contributed by atoms with Crippen molar-refractivity contribution in [2.75, 3.05) is 0 Å². The van der Waals surface area contributed by atoms with Crippen LogP contribution >= 0.6 is 0 Å². The van der Waals surface area contributed by atoms with Gasteiger partial charge >= 0.3 is 6.03 Å². The van der Waals surface area contributed by atoms with E-state index in [2.05, 4.69) is 31.9 Å². The molecule has 2 fully saturated rings. The predicted molar refractivity (Wildman–Crippen MR) is 43.1 cm³/mol. The number of guanidine groups is 1. The van der Waals surface area contributed by atoms with Gasteiger partial charge in [-0.15, -0.1) is 0 Å². The van der Waals surface area contributed by atoms with E-state index < -0.39 is 11.2 Å². The van der Waals surface area contributed by atoms with Crippen molar-refractivity contribution >= 4 is 12.0 Å². The van der Waals surface area contributed by atoms with Gasteiger partial charge in [-0.25, -0.2) is 20.3 Å². The first-order valence-electron chi connectivity index (χ1n) is 3.73. The Labute approximate surface area is 77.2 Å². The fourth-order valence-corrected chi connectivity index (χ4v) is 1.19. The fraction of sp³-hybridized carbons (Fsp3) is 0.500. The number of amides is 2. The second kappa shape index (κ2) is 2.99. The molecule has 0 aromatic carbocycles. The number of urea groups is 1. The van der Waals surface area contributed by atoms with Gasteiger partial charge in [0.1, 0.15) is 17.4 Å². The Morgan fingerprint density at radius 3 is 2.71 bits per heavy atom. The minimum atomic E-state index is -0.846. The highest BCUT2D eigenvalue weighted by atomic mass is 16.7. The molecule has 2 amide bonds. The van der Waals surface area contributed by atoms with Crippen molar-refractivity contribution in [1.82, 2.24) is 26.8 Å². The quantitative estimate of drug-likeness (QED) is 0.230. The number of hydrogen-bond acceptors (Lipinski definition) is 4. The summed E-state index contributed by atoms with van der Waals surface area (Å²) in [6.45, 7) is 0. The summed E-state index contributed by atoms with van der Waals surface area (Å²) in [6.07, 6.45) is -0.823. The number of nitrogens with zero attached hydrogens (tertiary/aromatic N) is 2. The van der Waals surface area contributed by atoms with Crippen molar-refractivity contribution in [2.45, 2.75) is 12.3 Å². The van der Waals surface area contributed by atoms with Gasteiger partial charge in [0.15, 0.2) is 5.03 Å². The van der Waals surface area contributed by atoms with E-state index in [0.29, 0.717) is 0 Å². The summed E-state index contributed by atoms with van der Waals surface area (Å²) < 4.78 is 0. The van der Waals surface area contributed by atoms with Gasteiger partial charge in [-0.3, -0.25) is 5.43 Å². The molecule has 10 heteroatoms. The van der Waals surface area contributed by atoms with Gasteiger partial charge in [-0.05, 0) is 0 Å². The maximum atomic E-state index is 10.8. The molecule has 2 saturated heterocycles. The molecule has 2 aliphatic heterocycles. The molecule has 2 rings (SSSR count). The number of fused-ring (bicyclic) bond motifs is 1. The molecule has 0 radical (unpaired) electrons. The van der Waals surface area contributed by atoms with E-state index in [1.54, 1.807) is 0 Å². The molecule has 0 aliphatic carbocycles. The van der Waals surface area contributed by atoms with Crippen LogP contribution in [0, 0.1) is 10.1 Å². The van der Waals surface area contributed by atoms with Crippen molar-refractivity contribution < 1.29 is 9.83 Å². The summed E-state index contributed by atoms with van der Waals surface area (Å²) in [5.74, 6) is -0.0553. The largest absolute Gasteiger partial charge is 0.327 e. The average molecular weight is 201 g/mol. The molecule has 0 aromatic rings. The monoisotopic (exact) mass is 201 g/mol. The van der Waals surface area contributed by atoms with Crippen molar-refractivity contribution in [3.63, 3.8) is 0 Å². The van der Waals surface area contributed by atoms with Crippen LogP contribution < -0.4 is 26.8 Å². The molecule has 0 saturated carbocycles. The third kappa shape index (κ3) is 1.50. The summed E-state index contributed by atoms with van der Waals surface area (Å²) in [4.78, 5) is 20.9. The van der Waals surface area contributed by atoms with Gasteiger partial charge in [-0.1, -0.05) is 0 Å². The van der Waals surface area contributed by atoms with Crippen LogP contribution in [0.3, 0.4) is 0 Å². The molecule has 5 N–H and O–H groups in total. The Morgan fingerprint density at radius 1 is 1.29 bits per heavy atom. The molecular formula is C4H7N7O3. The van der Waals surface area contributed by atoms with Crippen molar-refractivity contribution in [2.24, 2.45) is 5.10 Å². The number of hydrogen-bond donors (Lipinski definition) is 5. The number of carbonyl (C=O) groups excluding carboxylic acids is 1. The van der Waals surface area contributed by atoms with Crippen LogP contribution in [0.15, 0.2) is 5.10 Å². The summed E-state index contributed by atoms with van der Waals surface area (Å²) in [5.41, 5.74) is 5.06. The number of carbonyl (C=O) groups is 1. The zero-order chi connectivity index (χ0) is 10.1. The molecule has 10 nitrogen and oxygen atoms in total. The predicted octanol–water partition coefficient (Wildman–Crippen LogP) is -2.80. The van der Waals surface area contributed by atoms with E-state index in [4.69, 9.17) is 0 Å². The number of rotatable bonds is 1. The minimum Gasteiger partial charge on any atom is -0.327 e. The fourth-order valence-electron chi connectivity index (χ4n) is 1.19. The average Bonchev–Trinajstić information content (AvgIpc) is 2.42. The maximum Gasteiger partial charge on any atom is 0.317 e.